The van der Waals surface area contributed by atoms with E-state index in [-0.39, 0.29) is 12.5 Å². The van der Waals surface area contributed by atoms with Crippen LogP contribution in [0.3, 0.4) is 0 Å². The molecule has 0 aromatic heterocycles. The van der Waals surface area contributed by atoms with Gasteiger partial charge in [-0.3, -0.25) is 4.79 Å². The summed E-state index contributed by atoms with van der Waals surface area (Å²) < 4.78 is 0. The Morgan fingerprint density at radius 1 is 1.40 bits per heavy atom. The van der Waals surface area contributed by atoms with E-state index in [1.165, 1.54) is 12.8 Å². The highest BCUT2D eigenvalue weighted by molar-refractivity contribution is 5.78. The van der Waals surface area contributed by atoms with Crippen molar-refractivity contribution in [3.05, 3.63) is 0 Å². The number of carbonyl (C=O) groups is 1. The molecule has 15 heavy (non-hydrogen) atoms. The summed E-state index contributed by atoms with van der Waals surface area (Å²) in [7, 11) is 0. The number of likely N-dealkylation sites (tertiary alicyclic amines) is 1. The molecular formula is C12H22N2O. The van der Waals surface area contributed by atoms with Gasteiger partial charge in [-0.2, -0.15) is 0 Å². The molecule has 3 nitrogen and oxygen atoms in total. The van der Waals surface area contributed by atoms with Crippen molar-refractivity contribution in [2.45, 2.75) is 46.1 Å². The van der Waals surface area contributed by atoms with E-state index < -0.39 is 0 Å². The second-order valence-electron chi connectivity index (χ2n) is 6.44. The smallest absolute Gasteiger partial charge is 0.236 e. The van der Waals surface area contributed by atoms with Gasteiger partial charge in [0.15, 0.2) is 0 Å². The van der Waals surface area contributed by atoms with E-state index in [1.807, 2.05) is 4.90 Å². The molecule has 0 aromatic carbocycles. The molecule has 2 fully saturated rings. The zero-order valence-electron chi connectivity index (χ0n) is 10.0. The fourth-order valence-corrected chi connectivity index (χ4v) is 3.87. The summed E-state index contributed by atoms with van der Waals surface area (Å²) in [6.45, 7) is 8.01. The van der Waals surface area contributed by atoms with Crippen LogP contribution in [0.15, 0.2) is 0 Å². The molecule has 2 bridgehead atoms. The zero-order chi connectivity index (χ0) is 11.3. The number of nitrogens with two attached hydrogens (primary N) is 1. The Hall–Kier alpha value is -0.570. The number of fused-ring (bicyclic) bond motifs is 2. The standard InChI is InChI=1S/C12H22N2O/c1-11(2)4-9-5-12(3,7-11)8-14(9)10(15)6-13/h9H,4-8,13H2,1-3H3/t9-,12+/m1/s1. The van der Waals surface area contributed by atoms with Gasteiger partial charge in [-0.05, 0) is 30.1 Å². The van der Waals surface area contributed by atoms with Crippen molar-refractivity contribution in [2.75, 3.05) is 13.1 Å². The van der Waals surface area contributed by atoms with E-state index in [0.717, 1.165) is 13.0 Å². The molecule has 2 aliphatic rings. The van der Waals surface area contributed by atoms with Crippen LogP contribution in [0.2, 0.25) is 0 Å². The Morgan fingerprint density at radius 2 is 2.07 bits per heavy atom. The third-order valence-corrected chi connectivity index (χ3v) is 3.91. The highest BCUT2D eigenvalue weighted by atomic mass is 16.2. The largest absolute Gasteiger partial charge is 0.338 e. The molecule has 0 unspecified atom stereocenters. The molecule has 86 valence electrons. The first-order valence-electron chi connectivity index (χ1n) is 5.85. The normalized spacial score (nSPS) is 38.1. The summed E-state index contributed by atoms with van der Waals surface area (Å²) in [4.78, 5) is 13.7. The van der Waals surface area contributed by atoms with Crippen LogP contribution >= 0.6 is 0 Å². The maximum Gasteiger partial charge on any atom is 0.236 e. The summed E-state index contributed by atoms with van der Waals surface area (Å²) in [5, 5.41) is 0. The molecule has 2 atom stereocenters. The van der Waals surface area contributed by atoms with Crippen molar-refractivity contribution in [3.63, 3.8) is 0 Å². The van der Waals surface area contributed by atoms with Gasteiger partial charge >= 0.3 is 0 Å². The second kappa shape index (κ2) is 3.21. The molecule has 3 heteroatoms. The number of rotatable bonds is 1. The van der Waals surface area contributed by atoms with E-state index in [4.69, 9.17) is 5.73 Å². The number of carbonyl (C=O) groups excluding carboxylic acids is 1. The highest BCUT2D eigenvalue weighted by Crippen LogP contribution is 2.52. The SMILES string of the molecule is CC1(C)C[C@@H]2C[C@](C)(CN2C(=O)CN)C1. The first-order chi connectivity index (χ1) is 6.85. The minimum Gasteiger partial charge on any atom is -0.338 e. The Morgan fingerprint density at radius 3 is 2.67 bits per heavy atom. The molecule has 1 heterocycles. The van der Waals surface area contributed by atoms with Crippen LogP contribution in [0.1, 0.15) is 40.0 Å². The van der Waals surface area contributed by atoms with Crippen molar-refractivity contribution in [1.29, 1.82) is 0 Å². The van der Waals surface area contributed by atoms with E-state index in [1.54, 1.807) is 0 Å². The molecule has 2 rings (SSSR count). The van der Waals surface area contributed by atoms with E-state index in [2.05, 4.69) is 20.8 Å². The minimum atomic E-state index is 0.126. The lowest BCUT2D eigenvalue weighted by Gasteiger charge is -2.39. The van der Waals surface area contributed by atoms with Crippen molar-refractivity contribution in [3.8, 4) is 0 Å². The van der Waals surface area contributed by atoms with Gasteiger partial charge in [-0.1, -0.05) is 20.8 Å². The van der Waals surface area contributed by atoms with Crippen LogP contribution in [-0.2, 0) is 4.79 Å². The molecule has 1 aliphatic heterocycles. The summed E-state index contributed by atoms with van der Waals surface area (Å²) >= 11 is 0. The second-order valence-corrected chi connectivity index (χ2v) is 6.44. The average molecular weight is 210 g/mol. The van der Waals surface area contributed by atoms with Gasteiger partial charge in [0.2, 0.25) is 5.91 Å². The molecule has 1 saturated heterocycles. The predicted octanol–water partition coefficient (Wildman–Crippen LogP) is 1.37. The van der Waals surface area contributed by atoms with Crippen LogP contribution < -0.4 is 5.73 Å². The van der Waals surface area contributed by atoms with Crippen molar-refractivity contribution >= 4 is 5.91 Å². The van der Waals surface area contributed by atoms with Crippen LogP contribution in [0.5, 0.6) is 0 Å². The Bertz CT molecular complexity index is 287. The molecular weight excluding hydrogens is 188 g/mol. The molecule has 0 aromatic rings. The monoisotopic (exact) mass is 210 g/mol. The number of amides is 1. The first-order valence-corrected chi connectivity index (χ1v) is 5.85. The van der Waals surface area contributed by atoms with Gasteiger partial charge in [0.25, 0.3) is 0 Å². The van der Waals surface area contributed by atoms with E-state index in [9.17, 15) is 4.79 Å². The summed E-state index contributed by atoms with van der Waals surface area (Å²) in [5.41, 5.74) is 6.16. The van der Waals surface area contributed by atoms with Crippen LogP contribution in [0, 0.1) is 10.8 Å². The lowest BCUT2D eigenvalue weighted by molar-refractivity contribution is -0.130. The van der Waals surface area contributed by atoms with Gasteiger partial charge < -0.3 is 10.6 Å². The third-order valence-electron chi connectivity index (χ3n) is 3.91. The molecule has 1 saturated carbocycles. The molecule has 0 radical (unpaired) electrons. The lowest BCUT2D eigenvalue weighted by Crippen LogP contribution is -2.40. The molecule has 1 aliphatic carbocycles. The van der Waals surface area contributed by atoms with Crippen molar-refractivity contribution in [1.82, 2.24) is 4.90 Å². The predicted molar refractivity (Wildman–Crippen MR) is 60.3 cm³/mol. The lowest BCUT2D eigenvalue weighted by atomic mass is 9.65. The summed E-state index contributed by atoms with van der Waals surface area (Å²) in [6, 6.07) is 0.440. The number of hydrogen-bond donors (Lipinski definition) is 1. The van der Waals surface area contributed by atoms with Crippen molar-refractivity contribution in [2.24, 2.45) is 16.6 Å². The third kappa shape index (κ3) is 1.89. The highest BCUT2D eigenvalue weighted by Gasteiger charge is 2.50. The average Bonchev–Trinajstić information content (AvgIpc) is 2.33. The summed E-state index contributed by atoms with van der Waals surface area (Å²) in [6.07, 6.45) is 3.53. The quantitative estimate of drug-likeness (QED) is 0.710. The molecule has 0 spiro atoms. The zero-order valence-corrected chi connectivity index (χ0v) is 10.0. The molecule has 2 N–H and O–H groups in total. The van der Waals surface area contributed by atoms with Crippen LogP contribution in [0.25, 0.3) is 0 Å². The summed E-state index contributed by atoms with van der Waals surface area (Å²) in [5.74, 6) is 0.126. The Balaban J connectivity index is 2.20. The van der Waals surface area contributed by atoms with Crippen LogP contribution in [-0.4, -0.2) is 29.9 Å². The fourth-order valence-electron chi connectivity index (χ4n) is 3.87. The maximum absolute atomic E-state index is 11.7. The number of hydrogen-bond acceptors (Lipinski definition) is 2. The number of nitrogens with zero attached hydrogens (tertiary/aromatic N) is 1. The van der Waals surface area contributed by atoms with E-state index >= 15 is 0 Å². The fraction of sp³-hybridized carbons (Fsp3) is 0.917. The van der Waals surface area contributed by atoms with Crippen LogP contribution in [0.4, 0.5) is 0 Å². The van der Waals surface area contributed by atoms with Crippen molar-refractivity contribution < 1.29 is 4.79 Å². The van der Waals surface area contributed by atoms with Gasteiger partial charge in [0.05, 0.1) is 6.54 Å². The Labute approximate surface area is 92.0 Å². The molecule has 1 amide bonds. The van der Waals surface area contributed by atoms with Gasteiger partial charge in [0.1, 0.15) is 0 Å². The van der Waals surface area contributed by atoms with Gasteiger partial charge in [0, 0.05) is 12.6 Å². The maximum atomic E-state index is 11.7. The Kier molecular flexibility index (Phi) is 2.34. The van der Waals surface area contributed by atoms with E-state index in [0.29, 0.717) is 16.9 Å². The first kappa shape index (κ1) is 10.9. The van der Waals surface area contributed by atoms with Gasteiger partial charge in [-0.25, -0.2) is 0 Å². The minimum absolute atomic E-state index is 0.126. The van der Waals surface area contributed by atoms with Gasteiger partial charge in [-0.15, -0.1) is 0 Å². The topological polar surface area (TPSA) is 46.3 Å².